The van der Waals surface area contributed by atoms with E-state index in [2.05, 4.69) is 67.2 Å². The van der Waals surface area contributed by atoms with Crippen LogP contribution >= 0.6 is 23.2 Å². The van der Waals surface area contributed by atoms with Gasteiger partial charge >= 0.3 is 0 Å². The number of fused-ring (bicyclic) bond motifs is 1. The molecule has 4 aromatic rings. The molecule has 2 aliphatic heterocycles. The first kappa shape index (κ1) is 27.1. The van der Waals surface area contributed by atoms with Crippen molar-refractivity contribution in [3.8, 4) is 6.07 Å². The molecule has 11 heteroatoms. The van der Waals surface area contributed by atoms with Crippen LogP contribution in [-0.4, -0.2) is 23.0 Å². The second-order valence-electron chi connectivity index (χ2n) is 10.1. The number of aromatic nitrogens is 1. The molecule has 1 fully saturated rings. The van der Waals surface area contributed by atoms with Gasteiger partial charge in [0.1, 0.15) is 11.9 Å². The number of hydrogen-bond donors (Lipinski definition) is 5. The molecule has 0 aliphatic carbocycles. The second-order valence-corrected chi connectivity index (χ2v) is 10.9. The molecule has 41 heavy (non-hydrogen) atoms. The molecule has 0 amide bonds. The highest BCUT2D eigenvalue weighted by Gasteiger charge is 2.22. The van der Waals surface area contributed by atoms with Gasteiger partial charge in [-0.2, -0.15) is 10.8 Å². The van der Waals surface area contributed by atoms with E-state index in [0.29, 0.717) is 32.9 Å². The maximum absolute atomic E-state index is 13.8. The Labute approximate surface area is 247 Å². The minimum atomic E-state index is -0.527. The van der Waals surface area contributed by atoms with Crippen LogP contribution in [-0.2, 0) is 6.54 Å². The molecule has 1 atom stereocenters. The van der Waals surface area contributed by atoms with Crippen molar-refractivity contribution in [1.29, 1.82) is 5.26 Å². The molecule has 0 spiro atoms. The number of likely N-dealkylation sites (tertiary alicyclic amines) is 1. The summed E-state index contributed by atoms with van der Waals surface area (Å²) in [7, 11) is 0. The second kappa shape index (κ2) is 11.8. The predicted octanol–water partition coefficient (Wildman–Crippen LogP) is 6.50. The summed E-state index contributed by atoms with van der Waals surface area (Å²) < 4.78 is 13.8. The minimum absolute atomic E-state index is 0.0263. The number of nitriles is 1. The van der Waals surface area contributed by atoms with Crippen LogP contribution in [0.5, 0.6) is 0 Å². The van der Waals surface area contributed by atoms with Gasteiger partial charge in [-0.15, -0.1) is 0 Å². The van der Waals surface area contributed by atoms with Crippen molar-refractivity contribution >= 4 is 51.2 Å². The molecule has 8 nitrogen and oxygen atoms in total. The van der Waals surface area contributed by atoms with E-state index in [1.165, 1.54) is 36.7 Å². The molecular formula is C30H27Cl2FN8. The molecule has 3 aromatic carbocycles. The van der Waals surface area contributed by atoms with Crippen LogP contribution in [0.3, 0.4) is 0 Å². The van der Waals surface area contributed by atoms with Gasteiger partial charge in [-0.3, -0.25) is 9.88 Å². The van der Waals surface area contributed by atoms with Gasteiger partial charge in [0.25, 0.3) is 0 Å². The number of hydrazine groups is 2. The summed E-state index contributed by atoms with van der Waals surface area (Å²) in [5.74, 6) is -0.527. The van der Waals surface area contributed by atoms with Crippen molar-refractivity contribution in [2.75, 3.05) is 23.7 Å². The van der Waals surface area contributed by atoms with E-state index in [1.807, 2.05) is 18.3 Å². The van der Waals surface area contributed by atoms with Crippen LogP contribution in [0, 0.1) is 17.1 Å². The normalized spacial score (nSPS) is 15.6. The van der Waals surface area contributed by atoms with Crippen LogP contribution in [0.25, 0.3) is 10.9 Å². The minimum Gasteiger partial charge on any atom is -0.373 e. The van der Waals surface area contributed by atoms with Crippen molar-refractivity contribution in [1.82, 2.24) is 26.3 Å². The van der Waals surface area contributed by atoms with Crippen LogP contribution in [0.2, 0.25) is 10.0 Å². The Hall–Kier alpha value is -4.07. The van der Waals surface area contributed by atoms with E-state index in [4.69, 9.17) is 23.2 Å². The van der Waals surface area contributed by atoms with Crippen LogP contribution in [0.15, 0.2) is 72.7 Å². The van der Waals surface area contributed by atoms with E-state index in [0.717, 1.165) is 36.6 Å². The third-order valence-corrected chi connectivity index (χ3v) is 7.83. The third kappa shape index (κ3) is 5.87. The Morgan fingerprint density at radius 2 is 1.88 bits per heavy atom. The molecule has 0 bridgehead atoms. The number of rotatable bonds is 8. The Morgan fingerprint density at radius 1 is 1.05 bits per heavy atom. The zero-order valence-electron chi connectivity index (χ0n) is 21.9. The summed E-state index contributed by atoms with van der Waals surface area (Å²) in [6.07, 6.45) is 5.82. The first-order valence-corrected chi connectivity index (χ1v) is 14.0. The smallest absolute Gasteiger partial charge is 0.141 e. The van der Waals surface area contributed by atoms with E-state index < -0.39 is 5.82 Å². The number of nitrogens with one attached hydrogen (secondary N) is 5. The highest BCUT2D eigenvalue weighted by atomic mass is 35.5. The van der Waals surface area contributed by atoms with Gasteiger partial charge in [0.15, 0.2) is 0 Å². The Balaban J connectivity index is 1.38. The van der Waals surface area contributed by atoms with E-state index in [1.54, 1.807) is 6.07 Å². The van der Waals surface area contributed by atoms with Gasteiger partial charge in [-0.25, -0.2) is 4.39 Å². The van der Waals surface area contributed by atoms with E-state index in [-0.39, 0.29) is 11.1 Å². The Kier molecular flexibility index (Phi) is 7.81. The molecule has 1 saturated heterocycles. The van der Waals surface area contributed by atoms with Crippen LogP contribution < -0.4 is 27.0 Å². The molecule has 3 heterocycles. The van der Waals surface area contributed by atoms with Crippen molar-refractivity contribution in [3.63, 3.8) is 0 Å². The van der Waals surface area contributed by atoms with Gasteiger partial charge in [-0.1, -0.05) is 47.5 Å². The lowest BCUT2D eigenvalue weighted by Gasteiger charge is -2.23. The zero-order chi connectivity index (χ0) is 28.3. The highest BCUT2D eigenvalue weighted by molar-refractivity contribution is 6.36. The summed E-state index contributed by atoms with van der Waals surface area (Å²) in [6.45, 7) is 3.17. The summed E-state index contributed by atoms with van der Waals surface area (Å²) >= 11 is 12.8. The van der Waals surface area contributed by atoms with Crippen LogP contribution in [0.4, 0.5) is 21.5 Å². The number of benzene rings is 3. The quantitative estimate of drug-likeness (QED) is 0.159. The number of anilines is 3. The van der Waals surface area contributed by atoms with Gasteiger partial charge in [0, 0.05) is 35.7 Å². The van der Waals surface area contributed by atoms with Gasteiger partial charge in [0.05, 0.1) is 38.6 Å². The number of nitrogens with zero attached hydrogens (tertiary/aromatic N) is 3. The van der Waals surface area contributed by atoms with Crippen molar-refractivity contribution < 1.29 is 4.39 Å². The lowest BCUT2D eigenvalue weighted by atomic mass is 10.0. The van der Waals surface area contributed by atoms with Crippen molar-refractivity contribution in [2.24, 2.45) is 0 Å². The van der Waals surface area contributed by atoms with Gasteiger partial charge < -0.3 is 21.5 Å². The predicted molar refractivity (Wildman–Crippen MR) is 161 cm³/mol. The average Bonchev–Trinajstić information content (AvgIpc) is 3.69. The molecule has 0 unspecified atom stereocenters. The van der Waals surface area contributed by atoms with Gasteiger partial charge in [0.2, 0.25) is 0 Å². The molecule has 1 aromatic heterocycles. The van der Waals surface area contributed by atoms with Crippen molar-refractivity contribution in [3.05, 3.63) is 105 Å². The number of halogens is 3. The van der Waals surface area contributed by atoms with Gasteiger partial charge in [-0.05, 0) is 67.4 Å². The zero-order valence-corrected chi connectivity index (χ0v) is 23.5. The summed E-state index contributed by atoms with van der Waals surface area (Å²) in [5.41, 5.74) is 14.9. The summed E-state index contributed by atoms with van der Waals surface area (Å²) in [6, 6.07) is 18.5. The fourth-order valence-corrected chi connectivity index (χ4v) is 5.72. The topological polar surface area (TPSA) is 100 Å². The first-order valence-electron chi connectivity index (χ1n) is 13.3. The first-order chi connectivity index (χ1) is 20.0. The number of hydrogen-bond acceptors (Lipinski definition) is 8. The van der Waals surface area contributed by atoms with E-state index in [9.17, 15) is 9.65 Å². The largest absolute Gasteiger partial charge is 0.373 e. The summed E-state index contributed by atoms with van der Waals surface area (Å²) in [4.78, 5) is 6.92. The van der Waals surface area contributed by atoms with E-state index >= 15 is 0 Å². The standard InChI is InChI=1S/C30H27Cl2FN8/c31-24-12-21(6-7-26(24)33)37-28-20(14-34)15-35-30-23(28)11-22(13-25(30)32)38-29(27-16-36-40-39-27)19-5-3-4-18(10-19)17-41-8-1-2-9-41/h3-7,10-13,15-16,29,36,38-40H,1-2,8-9,17H2,(H,35,37)/t29-/m0/s1. The molecule has 0 saturated carbocycles. The molecule has 208 valence electrons. The molecule has 0 radical (unpaired) electrons. The average molecular weight is 590 g/mol. The Morgan fingerprint density at radius 3 is 2.63 bits per heavy atom. The lowest BCUT2D eigenvalue weighted by Crippen LogP contribution is -2.34. The molecule has 5 N–H and O–H groups in total. The number of pyridine rings is 1. The Bertz CT molecular complexity index is 1680. The molecule has 2 aliphatic rings. The SMILES string of the molecule is N#Cc1cnc2c(Cl)cc(N[C@H](C3=CNNN3)c3cccc(CN4CCCC4)c3)cc2c1Nc1ccc(F)c(Cl)c1. The fourth-order valence-electron chi connectivity index (χ4n) is 5.27. The third-order valence-electron chi connectivity index (χ3n) is 7.25. The lowest BCUT2D eigenvalue weighted by molar-refractivity contribution is 0.331. The van der Waals surface area contributed by atoms with Crippen molar-refractivity contribution in [2.45, 2.75) is 25.4 Å². The monoisotopic (exact) mass is 588 g/mol. The molecule has 6 rings (SSSR count). The van der Waals surface area contributed by atoms with Crippen LogP contribution in [0.1, 0.15) is 35.6 Å². The fraction of sp³-hybridized carbons (Fsp3) is 0.200. The maximum Gasteiger partial charge on any atom is 0.141 e. The summed E-state index contributed by atoms with van der Waals surface area (Å²) in [5, 5.41) is 17.7. The maximum atomic E-state index is 13.8. The highest BCUT2D eigenvalue weighted by Crippen LogP contribution is 2.37. The molecular weight excluding hydrogens is 562 g/mol.